The van der Waals surface area contributed by atoms with Crippen molar-refractivity contribution in [2.75, 3.05) is 0 Å². The molecular formula is C11H16O3S. The van der Waals surface area contributed by atoms with E-state index >= 15 is 0 Å². The first-order chi connectivity index (χ1) is 6.85. The van der Waals surface area contributed by atoms with Crippen molar-refractivity contribution >= 4 is 9.84 Å². The summed E-state index contributed by atoms with van der Waals surface area (Å²) in [5.41, 5.74) is -0.340. The highest BCUT2D eigenvalue weighted by Crippen LogP contribution is 2.19. The summed E-state index contributed by atoms with van der Waals surface area (Å²) in [6, 6.07) is 6.49. The van der Waals surface area contributed by atoms with E-state index in [1.54, 1.807) is 26.0 Å². The molecule has 0 aromatic heterocycles. The lowest BCUT2D eigenvalue weighted by atomic mass is 10.2. The maximum atomic E-state index is 11.8. The second-order valence-electron chi connectivity index (χ2n) is 3.99. The third-order valence-electron chi connectivity index (χ3n) is 2.24. The third-order valence-corrected chi connectivity index (χ3v) is 4.35. The summed E-state index contributed by atoms with van der Waals surface area (Å²) in [6.07, 6.45) is 0. The standard InChI is InChI=1S/C11H16O3S/c1-8(2)11(12)15(13,14)10-6-4-9(3)5-7-10/h4-8,11-12H,1-3H3. The zero-order valence-corrected chi connectivity index (χ0v) is 9.95. The summed E-state index contributed by atoms with van der Waals surface area (Å²) < 4.78 is 23.7. The van der Waals surface area contributed by atoms with Gasteiger partial charge in [0.2, 0.25) is 9.84 Å². The van der Waals surface area contributed by atoms with Crippen LogP contribution in [0.1, 0.15) is 19.4 Å². The topological polar surface area (TPSA) is 54.4 Å². The number of benzene rings is 1. The zero-order valence-electron chi connectivity index (χ0n) is 9.14. The van der Waals surface area contributed by atoms with Gasteiger partial charge in [-0.1, -0.05) is 31.5 Å². The molecule has 3 nitrogen and oxygen atoms in total. The van der Waals surface area contributed by atoms with Crippen molar-refractivity contribution in [3.63, 3.8) is 0 Å². The Hall–Kier alpha value is -0.870. The lowest BCUT2D eigenvalue weighted by Gasteiger charge is -2.15. The van der Waals surface area contributed by atoms with Crippen LogP contribution in [0.4, 0.5) is 0 Å². The molecule has 0 saturated heterocycles. The molecule has 1 aromatic rings. The molecule has 4 heteroatoms. The molecule has 0 heterocycles. The molecule has 84 valence electrons. The molecule has 0 fully saturated rings. The molecule has 1 unspecified atom stereocenters. The van der Waals surface area contributed by atoms with E-state index in [9.17, 15) is 13.5 Å². The summed E-state index contributed by atoms with van der Waals surface area (Å²) in [7, 11) is -3.60. The second kappa shape index (κ2) is 4.33. The van der Waals surface area contributed by atoms with Gasteiger partial charge in [0.15, 0.2) is 5.44 Å². The quantitative estimate of drug-likeness (QED) is 0.857. The van der Waals surface area contributed by atoms with Gasteiger partial charge in [-0.3, -0.25) is 0 Å². The Morgan fingerprint density at radius 3 is 2.00 bits per heavy atom. The molecule has 0 aliphatic carbocycles. The molecule has 0 bridgehead atoms. The fourth-order valence-electron chi connectivity index (χ4n) is 1.23. The Bertz CT molecular complexity index is 418. The number of hydrogen-bond donors (Lipinski definition) is 1. The van der Waals surface area contributed by atoms with Gasteiger partial charge in [0.1, 0.15) is 0 Å². The van der Waals surface area contributed by atoms with Crippen LogP contribution in [0.25, 0.3) is 0 Å². The molecular weight excluding hydrogens is 212 g/mol. The van der Waals surface area contributed by atoms with Crippen LogP contribution in [0.5, 0.6) is 0 Å². The minimum atomic E-state index is -3.60. The summed E-state index contributed by atoms with van der Waals surface area (Å²) in [5.74, 6) is -0.309. The van der Waals surface area contributed by atoms with Gasteiger partial charge in [0.25, 0.3) is 0 Å². The minimum absolute atomic E-state index is 0.175. The van der Waals surface area contributed by atoms with Crippen molar-refractivity contribution in [1.82, 2.24) is 0 Å². The molecule has 15 heavy (non-hydrogen) atoms. The fourth-order valence-corrected chi connectivity index (χ4v) is 2.74. The van der Waals surface area contributed by atoms with Crippen molar-refractivity contribution in [1.29, 1.82) is 0 Å². The van der Waals surface area contributed by atoms with E-state index in [0.717, 1.165) is 5.56 Å². The molecule has 0 aliphatic rings. The van der Waals surface area contributed by atoms with Crippen LogP contribution < -0.4 is 0 Å². The lowest BCUT2D eigenvalue weighted by molar-refractivity contribution is 0.199. The first kappa shape index (κ1) is 12.2. The van der Waals surface area contributed by atoms with Gasteiger partial charge in [-0.05, 0) is 25.0 Å². The van der Waals surface area contributed by atoms with Crippen molar-refractivity contribution in [2.45, 2.75) is 31.1 Å². The van der Waals surface area contributed by atoms with Crippen molar-refractivity contribution in [2.24, 2.45) is 5.92 Å². The number of rotatable bonds is 3. The normalized spacial score (nSPS) is 14.2. The van der Waals surface area contributed by atoms with Crippen molar-refractivity contribution in [3.05, 3.63) is 29.8 Å². The number of sulfone groups is 1. The van der Waals surface area contributed by atoms with Crippen LogP contribution >= 0.6 is 0 Å². The molecule has 0 aliphatic heterocycles. The molecule has 1 atom stereocenters. The SMILES string of the molecule is Cc1ccc(S(=O)(=O)C(O)C(C)C)cc1. The minimum Gasteiger partial charge on any atom is -0.376 e. The molecule has 1 N–H and O–H groups in total. The lowest BCUT2D eigenvalue weighted by Crippen LogP contribution is -2.26. The maximum absolute atomic E-state index is 11.8. The van der Waals surface area contributed by atoms with Crippen molar-refractivity contribution < 1.29 is 13.5 Å². The highest BCUT2D eigenvalue weighted by atomic mass is 32.2. The van der Waals surface area contributed by atoms with Gasteiger partial charge in [0, 0.05) is 0 Å². The Kier molecular flexibility index (Phi) is 3.52. The van der Waals surface area contributed by atoms with Gasteiger partial charge in [-0.25, -0.2) is 8.42 Å². The predicted molar refractivity (Wildman–Crippen MR) is 59.2 cm³/mol. The maximum Gasteiger partial charge on any atom is 0.205 e. The first-order valence-electron chi connectivity index (χ1n) is 4.84. The Balaban J connectivity index is 3.12. The summed E-state index contributed by atoms with van der Waals surface area (Å²) >= 11 is 0. The molecule has 0 radical (unpaired) electrons. The van der Waals surface area contributed by atoms with Crippen LogP contribution in [0.15, 0.2) is 29.2 Å². The molecule has 0 saturated carbocycles. The Morgan fingerprint density at radius 2 is 1.60 bits per heavy atom. The average molecular weight is 228 g/mol. The van der Waals surface area contributed by atoms with E-state index in [1.807, 2.05) is 6.92 Å². The fraction of sp³-hybridized carbons (Fsp3) is 0.455. The molecule has 0 spiro atoms. The summed E-state index contributed by atoms with van der Waals surface area (Å²) in [4.78, 5) is 0.175. The number of aryl methyl sites for hydroxylation is 1. The highest BCUT2D eigenvalue weighted by molar-refractivity contribution is 7.91. The predicted octanol–water partition coefficient (Wildman–Crippen LogP) is 1.74. The van der Waals surface area contributed by atoms with Crippen LogP contribution in [0, 0.1) is 12.8 Å². The third kappa shape index (κ3) is 2.58. The van der Waals surface area contributed by atoms with E-state index in [-0.39, 0.29) is 10.8 Å². The Labute approximate surface area is 90.7 Å². The summed E-state index contributed by atoms with van der Waals surface area (Å²) in [6.45, 7) is 5.24. The Morgan fingerprint density at radius 1 is 1.13 bits per heavy atom. The largest absolute Gasteiger partial charge is 0.376 e. The average Bonchev–Trinajstić information content (AvgIpc) is 2.17. The van der Waals surface area contributed by atoms with Gasteiger partial charge in [0.05, 0.1) is 4.90 Å². The monoisotopic (exact) mass is 228 g/mol. The first-order valence-corrected chi connectivity index (χ1v) is 6.39. The van der Waals surface area contributed by atoms with E-state index in [2.05, 4.69) is 0 Å². The van der Waals surface area contributed by atoms with E-state index in [4.69, 9.17) is 0 Å². The molecule has 1 rings (SSSR count). The van der Waals surface area contributed by atoms with Gasteiger partial charge in [-0.15, -0.1) is 0 Å². The number of aliphatic hydroxyl groups is 1. The smallest absolute Gasteiger partial charge is 0.205 e. The molecule has 1 aromatic carbocycles. The zero-order chi connectivity index (χ0) is 11.6. The van der Waals surface area contributed by atoms with Crippen LogP contribution in [0.2, 0.25) is 0 Å². The molecule has 0 amide bonds. The second-order valence-corrected chi connectivity index (χ2v) is 6.04. The van der Waals surface area contributed by atoms with E-state index < -0.39 is 15.3 Å². The number of aliphatic hydroxyl groups excluding tert-OH is 1. The van der Waals surface area contributed by atoms with E-state index in [1.165, 1.54) is 12.1 Å². The van der Waals surface area contributed by atoms with Crippen LogP contribution in [0.3, 0.4) is 0 Å². The van der Waals surface area contributed by atoms with Gasteiger partial charge in [-0.2, -0.15) is 0 Å². The van der Waals surface area contributed by atoms with Crippen LogP contribution in [-0.4, -0.2) is 19.0 Å². The van der Waals surface area contributed by atoms with E-state index in [0.29, 0.717) is 0 Å². The van der Waals surface area contributed by atoms with Crippen LogP contribution in [-0.2, 0) is 9.84 Å². The van der Waals surface area contributed by atoms with Gasteiger partial charge >= 0.3 is 0 Å². The van der Waals surface area contributed by atoms with Crippen molar-refractivity contribution in [3.8, 4) is 0 Å². The van der Waals surface area contributed by atoms with Gasteiger partial charge < -0.3 is 5.11 Å². The number of hydrogen-bond acceptors (Lipinski definition) is 3. The summed E-state index contributed by atoms with van der Waals surface area (Å²) in [5, 5.41) is 9.59. The highest BCUT2D eigenvalue weighted by Gasteiger charge is 2.27.